The van der Waals surface area contributed by atoms with E-state index < -0.39 is 11.9 Å². The van der Waals surface area contributed by atoms with Gasteiger partial charge in [-0.3, -0.25) is 0 Å². The molecule has 3 aromatic rings. The Morgan fingerprint density at radius 1 is 0.667 bits per heavy atom. The Labute approximate surface area is 137 Å². The van der Waals surface area contributed by atoms with Gasteiger partial charge in [0.15, 0.2) is 0 Å². The van der Waals surface area contributed by atoms with Crippen molar-refractivity contribution in [2.24, 2.45) is 0 Å². The number of carboxylic acid groups (broad SMARTS) is 2. The molecule has 2 aromatic heterocycles. The van der Waals surface area contributed by atoms with Crippen LogP contribution < -0.4 is 0 Å². The van der Waals surface area contributed by atoms with E-state index >= 15 is 0 Å². The Bertz CT molecular complexity index is 865. The number of carbonyl (C=O) groups is 2. The first-order valence-electron chi connectivity index (χ1n) is 7.06. The number of rotatable bonds is 4. The Hall–Kier alpha value is -3.54. The molecule has 1 aromatic carbocycles. The first kappa shape index (κ1) is 15.4. The van der Waals surface area contributed by atoms with E-state index in [0.29, 0.717) is 11.4 Å². The van der Waals surface area contributed by atoms with E-state index in [1.54, 1.807) is 48.5 Å². The van der Waals surface area contributed by atoms with Gasteiger partial charge in [-0.25, -0.2) is 19.6 Å². The van der Waals surface area contributed by atoms with Gasteiger partial charge in [-0.1, -0.05) is 30.3 Å². The Kier molecular flexibility index (Phi) is 4.03. The van der Waals surface area contributed by atoms with Crippen molar-refractivity contribution in [2.45, 2.75) is 0 Å². The number of hydrogen-bond acceptors (Lipinski definition) is 4. The molecule has 2 heterocycles. The van der Waals surface area contributed by atoms with Crippen LogP contribution in [0.4, 0.5) is 0 Å². The fraction of sp³-hybridized carbons (Fsp3) is 0. The van der Waals surface area contributed by atoms with E-state index in [-0.39, 0.29) is 11.4 Å². The zero-order valence-corrected chi connectivity index (χ0v) is 12.4. The molecule has 0 atom stereocenters. The summed E-state index contributed by atoms with van der Waals surface area (Å²) < 4.78 is 0. The van der Waals surface area contributed by atoms with Crippen molar-refractivity contribution < 1.29 is 19.8 Å². The van der Waals surface area contributed by atoms with Crippen LogP contribution in [0, 0.1) is 0 Å². The number of benzene rings is 1. The van der Waals surface area contributed by atoms with Gasteiger partial charge in [0.1, 0.15) is 11.4 Å². The van der Waals surface area contributed by atoms with Gasteiger partial charge in [-0.15, -0.1) is 0 Å². The number of pyridine rings is 2. The minimum absolute atomic E-state index is 0.0381. The molecule has 118 valence electrons. The summed E-state index contributed by atoms with van der Waals surface area (Å²) in [6, 6.07) is 16.7. The molecule has 0 spiro atoms. The molecule has 0 amide bonds. The summed E-state index contributed by atoms with van der Waals surface area (Å²) >= 11 is 0. The summed E-state index contributed by atoms with van der Waals surface area (Å²) in [6.07, 6.45) is 0. The van der Waals surface area contributed by atoms with Crippen molar-refractivity contribution in [1.82, 2.24) is 9.97 Å². The molecular weight excluding hydrogens is 308 g/mol. The van der Waals surface area contributed by atoms with Gasteiger partial charge in [0.2, 0.25) is 0 Å². The third-order valence-corrected chi connectivity index (χ3v) is 3.39. The zero-order valence-electron chi connectivity index (χ0n) is 12.4. The lowest BCUT2D eigenvalue weighted by Crippen LogP contribution is -2.01. The van der Waals surface area contributed by atoms with Crippen LogP contribution in [0.3, 0.4) is 0 Å². The van der Waals surface area contributed by atoms with Gasteiger partial charge >= 0.3 is 11.9 Å². The molecule has 0 aliphatic carbocycles. The second-order valence-corrected chi connectivity index (χ2v) is 5.01. The minimum atomic E-state index is -1.09. The number of nitrogens with zero attached hydrogens (tertiary/aromatic N) is 2. The molecule has 2 N–H and O–H groups in total. The van der Waals surface area contributed by atoms with Crippen molar-refractivity contribution in [2.75, 3.05) is 0 Å². The van der Waals surface area contributed by atoms with Crippen molar-refractivity contribution in [3.8, 4) is 22.5 Å². The molecule has 6 heteroatoms. The van der Waals surface area contributed by atoms with Crippen LogP contribution in [0.2, 0.25) is 0 Å². The normalized spacial score (nSPS) is 10.3. The smallest absolute Gasteiger partial charge is 0.354 e. The van der Waals surface area contributed by atoms with Gasteiger partial charge in [-0.05, 0) is 30.3 Å². The highest BCUT2D eigenvalue weighted by molar-refractivity contribution is 5.87. The topological polar surface area (TPSA) is 100 Å². The van der Waals surface area contributed by atoms with Crippen LogP contribution >= 0.6 is 0 Å². The van der Waals surface area contributed by atoms with E-state index in [2.05, 4.69) is 9.97 Å². The molecule has 24 heavy (non-hydrogen) atoms. The Balaban J connectivity index is 2.04. The summed E-state index contributed by atoms with van der Waals surface area (Å²) in [5.74, 6) is -2.19. The molecule has 0 saturated carbocycles. The van der Waals surface area contributed by atoms with Gasteiger partial charge in [0.05, 0.1) is 11.4 Å². The standard InChI is InChI=1S/C18H12N2O4/c21-17(22)15-8-2-6-13(19-15)11-4-1-5-12(10-11)14-7-3-9-16(20-14)18(23)24/h1-10H,(H,21,22)(H,23,24). The number of carboxylic acids is 2. The molecule has 0 unspecified atom stereocenters. The predicted molar refractivity (Wildman–Crippen MR) is 86.8 cm³/mol. The third-order valence-electron chi connectivity index (χ3n) is 3.39. The molecule has 0 aliphatic heterocycles. The molecule has 0 aliphatic rings. The van der Waals surface area contributed by atoms with Crippen molar-refractivity contribution in [1.29, 1.82) is 0 Å². The lowest BCUT2D eigenvalue weighted by molar-refractivity contribution is 0.0680. The van der Waals surface area contributed by atoms with E-state index in [1.807, 2.05) is 0 Å². The first-order chi connectivity index (χ1) is 11.5. The lowest BCUT2D eigenvalue weighted by atomic mass is 10.0. The van der Waals surface area contributed by atoms with Crippen molar-refractivity contribution in [3.05, 3.63) is 72.1 Å². The molecule has 0 fully saturated rings. The molecule has 6 nitrogen and oxygen atoms in total. The van der Waals surface area contributed by atoms with Crippen molar-refractivity contribution in [3.63, 3.8) is 0 Å². The number of hydrogen-bond donors (Lipinski definition) is 2. The third kappa shape index (κ3) is 3.12. The van der Waals surface area contributed by atoms with Gasteiger partial charge in [0, 0.05) is 11.1 Å². The van der Waals surface area contributed by atoms with Crippen LogP contribution in [0.15, 0.2) is 60.7 Å². The maximum Gasteiger partial charge on any atom is 0.354 e. The molecule has 0 saturated heterocycles. The van der Waals surface area contributed by atoms with Crippen molar-refractivity contribution >= 4 is 11.9 Å². The van der Waals surface area contributed by atoms with Gasteiger partial charge in [-0.2, -0.15) is 0 Å². The summed E-state index contributed by atoms with van der Waals surface area (Å²) in [5, 5.41) is 18.1. The minimum Gasteiger partial charge on any atom is -0.477 e. The molecular formula is C18H12N2O4. The van der Waals surface area contributed by atoms with Gasteiger partial charge < -0.3 is 10.2 Å². The van der Waals surface area contributed by atoms with E-state index in [9.17, 15) is 9.59 Å². The van der Waals surface area contributed by atoms with Crippen LogP contribution in [0.5, 0.6) is 0 Å². The molecule has 0 radical (unpaired) electrons. The molecule has 0 bridgehead atoms. The Morgan fingerprint density at radius 3 is 1.50 bits per heavy atom. The van der Waals surface area contributed by atoms with E-state index in [1.165, 1.54) is 12.1 Å². The second-order valence-electron chi connectivity index (χ2n) is 5.01. The largest absolute Gasteiger partial charge is 0.477 e. The quantitative estimate of drug-likeness (QED) is 0.765. The number of aromatic carboxylic acids is 2. The second kappa shape index (κ2) is 6.29. The maximum atomic E-state index is 11.0. The van der Waals surface area contributed by atoms with Gasteiger partial charge in [0.25, 0.3) is 0 Å². The molecule has 3 rings (SSSR count). The van der Waals surface area contributed by atoms with E-state index in [4.69, 9.17) is 10.2 Å². The highest BCUT2D eigenvalue weighted by atomic mass is 16.4. The highest BCUT2D eigenvalue weighted by Gasteiger charge is 2.10. The summed E-state index contributed by atoms with van der Waals surface area (Å²) in [5.41, 5.74) is 2.40. The monoisotopic (exact) mass is 320 g/mol. The Morgan fingerprint density at radius 2 is 1.08 bits per heavy atom. The van der Waals surface area contributed by atoms with Crippen LogP contribution in [0.1, 0.15) is 21.0 Å². The maximum absolute atomic E-state index is 11.0. The fourth-order valence-corrected chi connectivity index (χ4v) is 2.27. The summed E-state index contributed by atoms with van der Waals surface area (Å²) in [7, 11) is 0. The SMILES string of the molecule is O=C(O)c1cccc(-c2cccc(-c3cccc(C(=O)O)n3)c2)n1. The fourth-order valence-electron chi connectivity index (χ4n) is 2.27. The predicted octanol–water partition coefficient (Wildman–Crippen LogP) is 3.21. The highest BCUT2D eigenvalue weighted by Crippen LogP contribution is 2.24. The summed E-state index contributed by atoms with van der Waals surface area (Å²) in [4.78, 5) is 30.3. The van der Waals surface area contributed by atoms with Crippen LogP contribution in [-0.2, 0) is 0 Å². The van der Waals surface area contributed by atoms with Crippen LogP contribution in [0.25, 0.3) is 22.5 Å². The first-order valence-corrected chi connectivity index (χ1v) is 7.06. The van der Waals surface area contributed by atoms with Crippen LogP contribution in [-0.4, -0.2) is 32.1 Å². The average molecular weight is 320 g/mol. The van der Waals surface area contributed by atoms with E-state index in [0.717, 1.165) is 11.1 Å². The lowest BCUT2D eigenvalue weighted by Gasteiger charge is -2.06. The number of aromatic nitrogens is 2. The average Bonchev–Trinajstić information content (AvgIpc) is 2.62. The zero-order chi connectivity index (χ0) is 17.1. The summed E-state index contributed by atoms with van der Waals surface area (Å²) in [6.45, 7) is 0.